The van der Waals surface area contributed by atoms with Crippen LogP contribution in [0.25, 0.3) is 0 Å². The van der Waals surface area contributed by atoms with Crippen molar-refractivity contribution in [1.82, 2.24) is 9.88 Å². The first-order valence-electron chi connectivity index (χ1n) is 6.97. The molecule has 0 saturated heterocycles. The van der Waals surface area contributed by atoms with Gasteiger partial charge >= 0.3 is 13.2 Å². The molecule has 1 aromatic rings. The fourth-order valence-electron chi connectivity index (χ4n) is 1.90. The van der Waals surface area contributed by atoms with E-state index in [0.29, 0.717) is 17.7 Å². The van der Waals surface area contributed by atoms with E-state index < -0.39 is 18.8 Å². The molecule has 116 valence electrons. The van der Waals surface area contributed by atoms with Crippen LogP contribution in [-0.2, 0) is 4.74 Å². The van der Waals surface area contributed by atoms with Gasteiger partial charge in [0, 0.05) is 12.7 Å². The van der Waals surface area contributed by atoms with Crippen LogP contribution in [0, 0.1) is 0 Å². The van der Waals surface area contributed by atoms with Crippen molar-refractivity contribution in [2.45, 2.75) is 46.3 Å². The lowest BCUT2D eigenvalue weighted by Gasteiger charge is -2.30. The highest BCUT2D eigenvalue weighted by atomic mass is 16.6. The second-order valence-electron chi connectivity index (χ2n) is 5.83. The summed E-state index contributed by atoms with van der Waals surface area (Å²) in [5.74, 6) is 0. The van der Waals surface area contributed by atoms with E-state index in [9.17, 15) is 14.8 Å². The van der Waals surface area contributed by atoms with Crippen LogP contribution in [0.5, 0.6) is 0 Å². The van der Waals surface area contributed by atoms with Crippen molar-refractivity contribution in [3.05, 3.63) is 24.0 Å². The lowest BCUT2D eigenvalue weighted by molar-refractivity contribution is 0.0182. The predicted molar refractivity (Wildman–Crippen MR) is 81.1 cm³/mol. The monoisotopic (exact) mass is 294 g/mol. The molecule has 0 spiro atoms. The summed E-state index contributed by atoms with van der Waals surface area (Å²) in [5.41, 5.74) is 0.348. The van der Waals surface area contributed by atoms with Gasteiger partial charge in [0.1, 0.15) is 5.60 Å². The minimum Gasteiger partial charge on any atom is -0.444 e. The molecule has 0 bridgehead atoms. The highest BCUT2D eigenvalue weighted by Crippen LogP contribution is 2.20. The molecule has 2 N–H and O–H groups in total. The van der Waals surface area contributed by atoms with Gasteiger partial charge in [-0.2, -0.15) is 0 Å². The molecule has 21 heavy (non-hydrogen) atoms. The smallest absolute Gasteiger partial charge is 0.444 e. The zero-order valence-electron chi connectivity index (χ0n) is 13.2. The Labute approximate surface area is 125 Å². The number of ether oxygens (including phenoxy) is 1. The third-order valence-corrected chi connectivity index (χ3v) is 2.97. The Morgan fingerprint density at radius 2 is 2.10 bits per heavy atom. The molecule has 0 fully saturated rings. The Kier molecular flexibility index (Phi) is 5.74. The maximum absolute atomic E-state index is 12.2. The van der Waals surface area contributed by atoms with Crippen molar-refractivity contribution in [3.63, 3.8) is 0 Å². The Balaban J connectivity index is 2.95. The Bertz CT molecular complexity index is 488. The van der Waals surface area contributed by atoms with Crippen LogP contribution in [0.3, 0.4) is 0 Å². The van der Waals surface area contributed by atoms with Crippen LogP contribution in [0.2, 0.25) is 0 Å². The lowest BCUT2D eigenvalue weighted by atomic mass is 9.80. The van der Waals surface area contributed by atoms with E-state index >= 15 is 0 Å². The van der Waals surface area contributed by atoms with Gasteiger partial charge < -0.3 is 19.7 Å². The Hall–Kier alpha value is -1.60. The van der Waals surface area contributed by atoms with Crippen molar-refractivity contribution in [2.24, 2.45) is 0 Å². The van der Waals surface area contributed by atoms with Crippen molar-refractivity contribution in [2.75, 3.05) is 6.54 Å². The molecule has 0 aliphatic rings. The molecule has 1 atom stereocenters. The van der Waals surface area contributed by atoms with Gasteiger partial charge in [0.25, 0.3) is 0 Å². The van der Waals surface area contributed by atoms with Crippen molar-refractivity contribution in [1.29, 1.82) is 0 Å². The van der Waals surface area contributed by atoms with E-state index in [1.54, 1.807) is 11.0 Å². The molecule has 7 heteroatoms. The fraction of sp³-hybridized carbons (Fsp3) is 0.571. The molecule has 0 radical (unpaired) electrons. The van der Waals surface area contributed by atoms with Crippen LogP contribution in [0.15, 0.2) is 18.3 Å². The first kappa shape index (κ1) is 17.5. The van der Waals surface area contributed by atoms with Gasteiger partial charge in [-0.1, -0.05) is 0 Å². The Morgan fingerprint density at radius 1 is 1.48 bits per heavy atom. The first-order chi connectivity index (χ1) is 9.65. The van der Waals surface area contributed by atoms with Gasteiger partial charge in [-0.3, -0.25) is 4.98 Å². The van der Waals surface area contributed by atoms with Gasteiger partial charge in [0.05, 0.1) is 11.7 Å². The highest BCUT2D eigenvalue weighted by Gasteiger charge is 2.26. The summed E-state index contributed by atoms with van der Waals surface area (Å²) in [4.78, 5) is 17.9. The predicted octanol–water partition coefficient (Wildman–Crippen LogP) is 1.08. The molecular formula is C14H23BN2O4. The molecule has 1 rings (SSSR count). The normalized spacial score (nSPS) is 12.7. The summed E-state index contributed by atoms with van der Waals surface area (Å²) in [6.45, 7) is 9.57. The van der Waals surface area contributed by atoms with Crippen molar-refractivity contribution >= 4 is 18.7 Å². The Morgan fingerprint density at radius 3 is 2.57 bits per heavy atom. The van der Waals surface area contributed by atoms with Crippen molar-refractivity contribution < 1.29 is 19.6 Å². The second kappa shape index (κ2) is 6.91. The third kappa shape index (κ3) is 5.02. The summed E-state index contributed by atoms with van der Waals surface area (Å²) in [6.07, 6.45) is 1.07. The number of nitrogens with zero attached hydrogens (tertiary/aromatic N) is 2. The standard InChI is InChI=1S/C14H23BN2O4/c1-6-17(13(18)21-14(3,4)5)10(2)12-9-11(15(19)20)7-8-16-12/h7-10,19-20H,6H2,1-5H3/t10-/m1/s1. The summed E-state index contributed by atoms with van der Waals surface area (Å²) in [7, 11) is -1.56. The maximum atomic E-state index is 12.2. The summed E-state index contributed by atoms with van der Waals surface area (Å²) in [6, 6.07) is 2.76. The number of pyridine rings is 1. The van der Waals surface area contributed by atoms with Crippen molar-refractivity contribution in [3.8, 4) is 0 Å². The highest BCUT2D eigenvalue weighted by molar-refractivity contribution is 6.58. The van der Waals surface area contributed by atoms with E-state index in [4.69, 9.17) is 4.74 Å². The molecule has 1 heterocycles. The molecule has 1 amide bonds. The van der Waals surface area contributed by atoms with Gasteiger partial charge in [0.2, 0.25) is 0 Å². The molecule has 6 nitrogen and oxygen atoms in total. The van der Waals surface area contributed by atoms with Gasteiger partial charge in [-0.25, -0.2) is 4.79 Å². The minimum atomic E-state index is -1.56. The van der Waals surface area contributed by atoms with Crippen LogP contribution >= 0.6 is 0 Å². The average Bonchev–Trinajstić information content (AvgIpc) is 2.37. The molecule has 0 aromatic carbocycles. The number of carbonyl (C=O) groups is 1. The summed E-state index contributed by atoms with van der Waals surface area (Å²) < 4.78 is 5.37. The topological polar surface area (TPSA) is 82.9 Å². The zero-order valence-corrected chi connectivity index (χ0v) is 13.2. The van der Waals surface area contributed by atoms with Gasteiger partial charge in [0.15, 0.2) is 0 Å². The quantitative estimate of drug-likeness (QED) is 0.812. The number of amides is 1. The van der Waals surface area contributed by atoms with E-state index in [1.165, 1.54) is 12.3 Å². The van der Waals surface area contributed by atoms with E-state index in [2.05, 4.69) is 4.98 Å². The number of rotatable bonds is 4. The average molecular weight is 294 g/mol. The lowest BCUT2D eigenvalue weighted by Crippen LogP contribution is -2.39. The van der Waals surface area contributed by atoms with Crippen LogP contribution in [0.4, 0.5) is 4.79 Å². The number of hydrogen-bond acceptors (Lipinski definition) is 5. The SMILES string of the molecule is CCN(C(=O)OC(C)(C)C)[C@H](C)c1cc(B(O)O)ccn1. The van der Waals surface area contributed by atoms with Gasteiger partial charge in [-0.15, -0.1) is 0 Å². The molecule has 0 unspecified atom stereocenters. The first-order valence-corrected chi connectivity index (χ1v) is 6.97. The minimum absolute atomic E-state index is 0.330. The van der Waals surface area contributed by atoms with Gasteiger partial charge in [-0.05, 0) is 52.2 Å². The van der Waals surface area contributed by atoms with Crippen LogP contribution < -0.4 is 5.46 Å². The number of hydrogen-bond donors (Lipinski definition) is 2. The summed E-state index contributed by atoms with van der Waals surface area (Å²) >= 11 is 0. The van der Waals surface area contributed by atoms with Crippen LogP contribution in [-0.4, -0.2) is 45.3 Å². The molecule has 0 aliphatic heterocycles. The largest absolute Gasteiger partial charge is 0.488 e. The maximum Gasteiger partial charge on any atom is 0.488 e. The molecule has 0 saturated carbocycles. The molecule has 0 aliphatic carbocycles. The van der Waals surface area contributed by atoms with E-state index in [0.717, 1.165) is 0 Å². The third-order valence-electron chi connectivity index (χ3n) is 2.97. The van der Waals surface area contributed by atoms with E-state index in [-0.39, 0.29) is 6.04 Å². The van der Waals surface area contributed by atoms with Crippen LogP contribution in [0.1, 0.15) is 46.4 Å². The summed E-state index contributed by atoms with van der Waals surface area (Å²) in [5, 5.41) is 18.4. The number of aromatic nitrogens is 1. The molecular weight excluding hydrogens is 271 g/mol. The van der Waals surface area contributed by atoms with E-state index in [1.807, 2.05) is 34.6 Å². The zero-order chi connectivity index (χ0) is 16.2. The number of carbonyl (C=O) groups excluding carboxylic acids is 1. The second-order valence-corrected chi connectivity index (χ2v) is 5.83. The molecule has 1 aromatic heterocycles. The fourth-order valence-corrected chi connectivity index (χ4v) is 1.90.